The first-order chi connectivity index (χ1) is 17.0. The Balaban J connectivity index is 1.58. The highest BCUT2D eigenvalue weighted by atomic mass is 16.6. The average molecular weight is 499 g/mol. The lowest BCUT2D eigenvalue weighted by atomic mass is 10.1. The number of urea groups is 1. The van der Waals surface area contributed by atoms with Crippen LogP contribution in [0.3, 0.4) is 0 Å². The minimum absolute atomic E-state index is 0.0981. The number of carbonyl (C=O) groups excluding carboxylic acids is 4. The van der Waals surface area contributed by atoms with Crippen LogP contribution in [0.15, 0.2) is 41.3 Å². The summed E-state index contributed by atoms with van der Waals surface area (Å²) in [6, 6.07) is 8.10. The second-order valence-electron chi connectivity index (χ2n) is 8.84. The monoisotopic (exact) mass is 498 g/mol. The van der Waals surface area contributed by atoms with Crippen LogP contribution >= 0.6 is 0 Å². The summed E-state index contributed by atoms with van der Waals surface area (Å²) < 4.78 is 6.22. The normalized spacial score (nSPS) is 13.8. The molecule has 0 bridgehead atoms. The average Bonchev–Trinajstić information content (AvgIpc) is 2.83. The predicted molar refractivity (Wildman–Crippen MR) is 131 cm³/mol. The second-order valence-corrected chi connectivity index (χ2v) is 8.84. The van der Waals surface area contributed by atoms with Gasteiger partial charge in [-0.15, -0.1) is 0 Å². The number of carbonyl (C=O) groups is 4. The largest absolute Gasteiger partial charge is 0.434 e. The molecule has 1 aromatic carbocycles. The molecule has 0 unspecified atom stereocenters. The molecule has 3 rings (SSSR count). The molecule has 2 aromatic rings. The van der Waals surface area contributed by atoms with Crippen LogP contribution in [-0.2, 0) is 20.7 Å². The number of ketones is 1. The highest BCUT2D eigenvalue weighted by molar-refractivity contribution is 5.89. The Bertz CT molecular complexity index is 1200. The number of piperazine rings is 1. The highest BCUT2D eigenvalue weighted by Crippen LogP contribution is 2.16. The summed E-state index contributed by atoms with van der Waals surface area (Å²) in [6.07, 6.45) is 1.28. The lowest BCUT2D eigenvalue weighted by Crippen LogP contribution is -2.56. The maximum absolute atomic E-state index is 12.7. The van der Waals surface area contributed by atoms with E-state index in [9.17, 15) is 24.0 Å². The highest BCUT2D eigenvalue weighted by Gasteiger charge is 2.37. The molecule has 1 saturated heterocycles. The third kappa shape index (κ3) is 6.46. The lowest BCUT2D eigenvalue weighted by molar-refractivity contribution is -0.149. The van der Waals surface area contributed by atoms with Gasteiger partial charge in [0.2, 0.25) is 0 Å². The maximum atomic E-state index is 12.7. The van der Waals surface area contributed by atoms with Gasteiger partial charge in [-0.05, 0) is 37.6 Å². The van der Waals surface area contributed by atoms with Crippen molar-refractivity contribution in [2.75, 3.05) is 31.5 Å². The number of Topliss-reactive ketones (excluding diaryl/α,β-unsaturated/α-hetero) is 1. The van der Waals surface area contributed by atoms with Gasteiger partial charge in [0.15, 0.2) is 5.60 Å². The standard InChI is InChI=1S/C24H30N6O6/c1-4-18(31)15-16-5-7-17(8-6-16)30-10-9-19(27-23(30)35)26-22(34)29-13-11-28(12-14-29)20(32)24(2,3)36-21(25)33/h5-10H,4,11-15H2,1-3H3,(H2,25,33)(H,26,27,34,35). The van der Waals surface area contributed by atoms with E-state index in [1.807, 2.05) is 6.92 Å². The van der Waals surface area contributed by atoms with Crippen molar-refractivity contribution >= 4 is 29.6 Å². The molecule has 0 spiro atoms. The van der Waals surface area contributed by atoms with E-state index in [1.165, 1.54) is 40.5 Å². The topological polar surface area (TPSA) is 157 Å². The first kappa shape index (κ1) is 26.4. The molecular formula is C24H30N6O6. The molecule has 4 amide bonds. The number of rotatable bonds is 7. The van der Waals surface area contributed by atoms with E-state index in [4.69, 9.17) is 10.5 Å². The van der Waals surface area contributed by atoms with Crippen molar-refractivity contribution in [1.82, 2.24) is 19.4 Å². The molecule has 0 atom stereocenters. The Kier molecular flexibility index (Phi) is 8.07. The molecule has 1 aliphatic rings. The van der Waals surface area contributed by atoms with E-state index in [1.54, 1.807) is 24.3 Å². The van der Waals surface area contributed by atoms with Gasteiger partial charge in [-0.2, -0.15) is 4.98 Å². The zero-order valence-corrected chi connectivity index (χ0v) is 20.5. The van der Waals surface area contributed by atoms with E-state index in [0.717, 1.165) is 5.56 Å². The van der Waals surface area contributed by atoms with E-state index in [2.05, 4.69) is 10.3 Å². The molecule has 2 heterocycles. The molecule has 3 N–H and O–H groups in total. The Labute approximate surface area is 208 Å². The van der Waals surface area contributed by atoms with Gasteiger partial charge in [-0.3, -0.25) is 19.5 Å². The minimum Gasteiger partial charge on any atom is -0.434 e. The summed E-state index contributed by atoms with van der Waals surface area (Å²) >= 11 is 0. The van der Waals surface area contributed by atoms with Gasteiger partial charge in [0, 0.05) is 45.2 Å². The fourth-order valence-corrected chi connectivity index (χ4v) is 3.77. The van der Waals surface area contributed by atoms with Crippen LogP contribution in [0.2, 0.25) is 0 Å². The third-order valence-electron chi connectivity index (χ3n) is 5.77. The van der Waals surface area contributed by atoms with Gasteiger partial charge in [-0.25, -0.2) is 14.4 Å². The predicted octanol–water partition coefficient (Wildman–Crippen LogP) is 1.30. The van der Waals surface area contributed by atoms with Crippen molar-refractivity contribution in [3.8, 4) is 5.69 Å². The fraction of sp³-hybridized carbons (Fsp3) is 0.417. The Hall–Kier alpha value is -4.22. The number of nitrogens with two attached hydrogens (primary N) is 1. The first-order valence-corrected chi connectivity index (χ1v) is 11.5. The SMILES string of the molecule is CCC(=O)Cc1ccc(-n2ccc(NC(=O)N3CCN(C(=O)C(C)(C)OC(N)=O)CC3)nc2=O)cc1. The quantitative estimate of drug-likeness (QED) is 0.582. The van der Waals surface area contributed by atoms with Crippen molar-refractivity contribution in [2.45, 2.75) is 39.2 Å². The molecule has 192 valence electrons. The zero-order chi connectivity index (χ0) is 26.5. The van der Waals surface area contributed by atoms with E-state index < -0.39 is 29.3 Å². The van der Waals surface area contributed by atoms with E-state index >= 15 is 0 Å². The lowest BCUT2D eigenvalue weighted by Gasteiger charge is -2.37. The molecule has 12 nitrogen and oxygen atoms in total. The Morgan fingerprint density at radius 1 is 1.03 bits per heavy atom. The molecule has 0 radical (unpaired) electrons. The summed E-state index contributed by atoms with van der Waals surface area (Å²) in [5, 5.41) is 2.60. The van der Waals surface area contributed by atoms with Crippen LogP contribution in [-0.4, -0.2) is 74.9 Å². The molecule has 36 heavy (non-hydrogen) atoms. The molecular weight excluding hydrogens is 468 g/mol. The summed E-state index contributed by atoms with van der Waals surface area (Å²) in [4.78, 5) is 67.4. The van der Waals surface area contributed by atoms with Crippen molar-refractivity contribution in [3.63, 3.8) is 0 Å². The smallest absolute Gasteiger partial charge is 0.405 e. The van der Waals surface area contributed by atoms with Crippen molar-refractivity contribution < 1.29 is 23.9 Å². The van der Waals surface area contributed by atoms with Crippen molar-refractivity contribution in [1.29, 1.82) is 0 Å². The summed E-state index contributed by atoms with van der Waals surface area (Å²) in [5.74, 6) is -0.173. The molecule has 1 fully saturated rings. The number of hydrogen-bond donors (Lipinski definition) is 2. The number of anilines is 1. The van der Waals surface area contributed by atoms with E-state index in [-0.39, 0.29) is 37.8 Å². The molecule has 12 heteroatoms. The van der Waals surface area contributed by atoms with Gasteiger partial charge < -0.3 is 20.3 Å². The molecule has 1 aromatic heterocycles. The Morgan fingerprint density at radius 3 is 2.19 bits per heavy atom. The zero-order valence-electron chi connectivity index (χ0n) is 20.5. The summed E-state index contributed by atoms with van der Waals surface area (Å²) in [6.45, 7) is 5.69. The first-order valence-electron chi connectivity index (χ1n) is 11.5. The number of benzene rings is 1. The number of primary amides is 1. The maximum Gasteiger partial charge on any atom is 0.405 e. The number of ether oxygens (including phenoxy) is 1. The van der Waals surface area contributed by atoms with Gasteiger partial charge >= 0.3 is 17.8 Å². The van der Waals surface area contributed by atoms with Gasteiger partial charge in [-0.1, -0.05) is 19.1 Å². The van der Waals surface area contributed by atoms with Crippen molar-refractivity contribution in [3.05, 3.63) is 52.6 Å². The van der Waals surface area contributed by atoms with Crippen LogP contribution in [0.25, 0.3) is 5.69 Å². The second kappa shape index (κ2) is 11.0. The number of nitrogens with zero attached hydrogens (tertiary/aromatic N) is 4. The summed E-state index contributed by atoms with van der Waals surface area (Å²) in [7, 11) is 0. The number of aromatic nitrogens is 2. The van der Waals surface area contributed by atoms with Crippen LogP contribution in [0.4, 0.5) is 15.4 Å². The van der Waals surface area contributed by atoms with Crippen LogP contribution < -0.4 is 16.7 Å². The van der Waals surface area contributed by atoms with Gasteiger partial charge in [0.1, 0.15) is 11.6 Å². The fourth-order valence-electron chi connectivity index (χ4n) is 3.77. The number of hydrogen-bond acceptors (Lipinski definition) is 7. The van der Waals surface area contributed by atoms with Gasteiger partial charge in [0.25, 0.3) is 5.91 Å². The van der Waals surface area contributed by atoms with Crippen LogP contribution in [0.5, 0.6) is 0 Å². The van der Waals surface area contributed by atoms with E-state index in [0.29, 0.717) is 18.5 Å². The minimum atomic E-state index is -1.41. The number of amides is 4. The molecule has 0 saturated carbocycles. The molecule has 1 aliphatic heterocycles. The van der Waals surface area contributed by atoms with Crippen molar-refractivity contribution in [2.24, 2.45) is 5.73 Å². The Morgan fingerprint density at radius 2 is 1.64 bits per heavy atom. The third-order valence-corrected chi connectivity index (χ3v) is 5.77. The number of nitrogens with one attached hydrogen (secondary N) is 1. The van der Waals surface area contributed by atoms with Crippen LogP contribution in [0, 0.1) is 0 Å². The van der Waals surface area contributed by atoms with Crippen LogP contribution in [0.1, 0.15) is 32.8 Å². The van der Waals surface area contributed by atoms with Gasteiger partial charge in [0.05, 0.1) is 5.69 Å². The molecule has 0 aliphatic carbocycles. The summed E-state index contributed by atoms with van der Waals surface area (Å²) in [5.41, 5.74) is 4.50.